The molecule has 0 aliphatic rings. The van der Waals surface area contributed by atoms with Gasteiger partial charge in [0, 0.05) is 10.9 Å². The van der Waals surface area contributed by atoms with Crippen molar-refractivity contribution in [1.82, 2.24) is 4.98 Å². The van der Waals surface area contributed by atoms with Crippen LogP contribution in [0.3, 0.4) is 0 Å². The number of hydrogen-bond acceptors (Lipinski definition) is 7. The Balaban J connectivity index is 1.40. The largest absolute Gasteiger partial charge is 0.487 e. The molecule has 0 bridgehead atoms. The number of hydrogen-bond donors (Lipinski definition) is 0. The van der Waals surface area contributed by atoms with Crippen molar-refractivity contribution in [3.8, 4) is 16.3 Å². The third-order valence-electron chi connectivity index (χ3n) is 4.68. The van der Waals surface area contributed by atoms with Gasteiger partial charge in [0.1, 0.15) is 17.4 Å². The van der Waals surface area contributed by atoms with Gasteiger partial charge in [-0.25, -0.2) is 18.2 Å². The van der Waals surface area contributed by atoms with Gasteiger partial charge in [0.2, 0.25) is 9.84 Å². The van der Waals surface area contributed by atoms with Crippen LogP contribution in [0.15, 0.2) is 94.0 Å². The lowest BCUT2D eigenvalue weighted by molar-refractivity contribution is 0.0600. The Morgan fingerprint density at radius 3 is 2.22 bits per heavy atom. The first-order valence-electron chi connectivity index (χ1n) is 9.63. The van der Waals surface area contributed by atoms with E-state index in [4.69, 9.17) is 9.47 Å². The summed E-state index contributed by atoms with van der Waals surface area (Å²) in [6.45, 7) is 0.252. The standard InChI is InChI=1S/C24H19NO5S2/c1-29-24(26)18-9-7-17(8-10-18)23-25-19(16-31-23)15-30-20-11-13-22(14-12-20)32(27,28)21-5-3-2-4-6-21/h2-14,16H,15H2,1H3. The molecule has 162 valence electrons. The molecule has 1 heterocycles. The van der Waals surface area contributed by atoms with Gasteiger partial charge in [0.25, 0.3) is 0 Å². The summed E-state index contributed by atoms with van der Waals surface area (Å²) in [5.41, 5.74) is 2.13. The summed E-state index contributed by atoms with van der Waals surface area (Å²) in [6.07, 6.45) is 0. The number of carbonyl (C=O) groups is 1. The fourth-order valence-corrected chi connectivity index (χ4v) is 5.07. The van der Waals surface area contributed by atoms with Crippen LogP contribution in [0.2, 0.25) is 0 Å². The van der Waals surface area contributed by atoms with Crippen LogP contribution < -0.4 is 4.74 Å². The summed E-state index contributed by atoms with van der Waals surface area (Å²) < 4.78 is 35.8. The highest BCUT2D eigenvalue weighted by Crippen LogP contribution is 2.26. The number of benzene rings is 3. The molecule has 0 unspecified atom stereocenters. The summed E-state index contributed by atoms with van der Waals surface area (Å²) in [4.78, 5) is 16.6. The average molecular weight is 466 g/mol. The van der Waals surface area contributed by atoms with Crippen LogP contribution in [0.25, 0.3) is 10.6 Å². The molecule has 0 saturated carbocycles. The Morgan fingerprint density at radius 2 is 1.56 bits per heavy atom. The van der Waals surface area contributed by atoms with Gasteiger partial charge in [-0.15, -0.1) is 11.3 Å². The highest BCUT2D eigenvalue weighted by Gasteiger charge is 2.17. The zero-order valence-corrected chi connectivity index (χ0v) is 18.7. The molecule has 4 aromatic rings. The second-order valence-corrected chi connectivity index (χ2v) is 9.60. The Kier molecular flexibility index (Phi) is 6.34. The van der Waals surface area contributed by atoms with E-state index in [0.29, 0.717) is 11.3 Å². The van der Waals surface area contributed by atoms with Crippen LogP contribution in [-0.4, -0.2) is 26.5 Å². The van der Waals surface area contributed by atoms with E-state index in [2.05, 4.69) is 4.98 Å². The predicted octanol–water partition coefficient (Wildman–Crippen LogP) is 5.01. The molecule has 0 saturated heterocycles. The molecule has 0 spiro atoms. The van der Waals surface area contributed by atoms with E-state index in [-0.39, 0.29) is 22.4 Å². The van der Waals surface area contributed by atoms with Crippen molar-refractivity contribution < 1.29 is 22.7 Å². The maximum absolute atomic E-state index is 12.7. The van der Waals surface area contributed by atoms with Crippen molar-refractivity contribution >= 4 is 27.1 Å². The zero-order valence-electron chi connectivity index (χ0n) is 17.1. The van der Waals surface area contributed by atoms with E-state index in [1.54, 1.807) is 54.6 Å². The van der Waals surface area contributed by atoms with Crippen LogP contribution >= 0.6 is 11.3 Å². The molecule has 0 aliphatic carbocycles. The maximum Gasteiger partial charge on any atom is 0.337 e. The molecule has 6 nitrogen and oxygen atoms in total. The van der Waals surface area contributed by atoms with Crippen molar-refractivity contribution in [2.45, 2.75) is 16.4 Å². The molecular formula is C24H19NO5S2. The molecule has 0 amide bonds. The summed E-state index contributed by atoms with van der Waals surface area (Å²) in [7, 11) is -2.21. The predicted molar refractivity (Wildman–Crippen MR) is 122 cm³/mol. The quantitative estimate of drug-likeness (QED) is 0.357. The topological polar surface area (TPSA) is 82.6 Å². The van der Waals surface area contributed by atoms with Gasteiger partial charge in [-0.05, 0) is 48.5 Å². The van der Waals surface area contributed by atoms with E-state index >= 15 is 0 Å². The third kappa shape index (κ3) is 4.71. The normalized spacial score (nSPS) is 11.2. The Labute approximate surface area is 190 Å². The van der Waals surface area contributed by atoms with Gasteiger partial charge in [-0.1, -0.05) is 30.3 Å². The van der Waals surface area contributed by atoms with Crippen LogP contribution in [0.5, 0.6) is 5.75 Å². The molecular weight excluding hydrogens is 446 g/mol. The molecule has 32 heavy (non-hydrogen) atoms. The lowest BCUT2D eigenvalue weighted by Crippen LogP contribution is -2.02. The lowest BCUT2D eigenvalue weighted by Gasteiger charge is -2.07. The van der Waals surface area contributed by atoms with Crippen molar-refractivity contribution in [2.24, 2.45) is 0 Å². The number of thiazole rings is 1. The first kappa shape index (κ1) is 21.7. The summed E-state index contributed by atoms with van der Waals surface area (Å²) in [5, 5.41) is 2.71. The highest BCUT2D eigenvalue weighted by atomic mass is 32.2. The Hall–Kier alpha value is -3.49. The van der Waals surface area contributed by atoms with Crippen LogP contribution in [0, 0.1) is 0 Å². The summed E-state index contributed by atoms with van der Waals surface area (Å²) in [6, 6.07) is 21.7. The Bertz CT molecular complexity index is 1310. The SMILES string of the molecule is COC(=O)c1ccc(-c2nc(COc3ccc(S(=O)(=O)c4ccccc4)cc3)cs2)cc1. The monoisotopic (exact) mass is 465 g/mol. The molecule has 8 heteroatoms. The maximum atomic E-state index is 12.7. The number of esters is 1. The molecule has 0 radical (unpaired) electrons. The minimum atomic E-state index is -3.56. The van der Waals surface area contributed by atoms with Gasteiger partial charge < -0.3 is 9.47 Å². The van der Waals surface area contributed by atoms with E-state index in [1.807, 2.05) is 17.5 Å². The van der Waals surface area contributed by atoms with E-state index in [0.717, 1.165) is 16.3 Å². The van der Waals surface area contributed by atoms with Crippen molar-refractivity contribution in [2.75, 3.05) is 7.11 Å². The number of aromatic nitrogens is 1. The molecule has 3 aromatic carbocycles. The van der Waals surface area contributed by atoms with Crippen molar-refractivity contribution in [3.63, 3.8) is 0 Å². The number of sulfone groups is 1. The zero-order chi connectivity index (χ0) is 22.6. The number of ether oxygens (including phenoxy) is 2. The number of rotatable bonds is 7. The average Bonchev–Trinajstić information content (AvgIpc) is 3.32. The van der Waals surface area contributed by atoms with E-state index < -0.39 is 9.84 Å². The molecule has 0 atom stereocenters. The minimum Gasteiger partial charge on any atom is -0.487 e. The molecule has 0 N–H and O–H groups in total. The van der Waals surface area contributed by atoms with Crippen LogP contribution in [0.1, 0.15) is 16.1 Å². The molecule has 0 fully saturated rings. The fourth-order valence-electron chi connectivity index (χ4n) is 2.98. The van der Waals surface area contributed by atoms with Gasteiger partial charge in [-0.2, -0.15) is 0 Å². The molecule has 4 rings (SSSR count). The first-order valence-corrected chi connectivity index (χ1v) is 12.0. The number of methoxy groups -OCH3 is 1. The van der Waals surface area contributed by atoms with E-state index in [9.17, 15) is 13.2 Å². The minimum absolute atomic E-state index is 0.211. The lowest BCUT2D eigenvalue weighted by atomic mass is 10.1. The van der Waals surface area contributed by atoms with E-state index in [1.165, 1.54) is 30.6 Å². The molecule has 0 aliphatic heterocycles. The van der Waals surface area contributed by atoms with Gasteiger partial charge in [0.05, 0.1) is 28.2 Å². The van der Waals surface area contributed by atoms with Gasteiger partial charge in [-0.3, -0.25) is 0 Å². The Morgan fingerprint density at radius 1 is 0.906 bits per heavy atom. The second kappa shape index (κ2) is 9.33. The number of carbonyl (C=O) groups excluding carboxylic acids is 1. The second-order valence-electron chi connectivity index (χ2n) is 6.79. The third-order valence-corrected chi connectivity index (χ3v) is 7.40. The van der Waals surface area contributed by atoms with Gasteiger partial charge >= 0.3 is 5.97 Å². The van der Waals surface area contributed by atoms with Crippen LogP contribution in [-0.2, 0) is 21.2 Å². The van der Waals surface area contributed by atoms with Crippen LogP contribution in [0.4, 0.5) is 0 Å². The van der Waals surface area contributed by atoms with Gasteiger partial charge in [0.15, 0.2) is 0 Å². The molecule has 1 aromatic heterocycles. The highest BCUT2D eigenvalue weighted by molar-refractivity contribution is 7.91. The summed E-state index contributed by atoms with van der Waals surface area (Å²) in [5.74, 6) is 0.168. The fraction of sp³-hybridized carbons (Fsp3) is 0.0833. The van der Waals surface area contributed by atoms with Crippen molar-refractivity contribution in [1.29, 1.82) is 0 Å². The summed E-state index contributed by atoms with van der Waals surface area (Å²) >= 11 is 1.47. The smallest absolute Gasteiger partial charge is 0.337 e. The first-order chi connectivity index (χ1) is 15.5. The number of nitrogens with zero attached hydrogens (tertiary/aromatic N) is 1. The van der Waals surface area contributed by atoms with Crippen molar-refractivity contribution in [3.05, 3.63) is 95.5 Å².